The van der Waals surface area contributed by atoms with Gasteiger partial charge >= 0.3 is 0 Å². The number of amides is 2. The fourth-order valence-corrected chi connectivity index (χ4v) is 4.86. The Morgan fingerprint density at radius 3 is 2.54 bits per heavy atom. The molecular formula is C22H25N3O2S. The summed E-state index contributed by atoms with van der Waals surface area (Å²) < 4.78 is 0. The van der Waals surface area contributed by atoms with Crippen LogP contribution in [0.5, 0.6) is 0 Å². The van der Waals surface area contributed by atoms with E-state index >= 15 is 0 Å². The van der Waals surface area contributed by atoms with Gasteiger partial charge in [-0.2, -0.15) is 0 Å². The van der Waals surface area contributed by atoms with Crippen molar-refractivity contribution in [1.82, 2.24) is 10.6 Å². The molecule has 28 heavy (non-hydrogen) atoms. The van der Waals surface area contributed by atoms with E-state index < -0.39 is 6.04 Å². The molecule has 1 heterocycles. The molecule has 146 valence electrons. The summed E-state index contributed by atoms with van der Waals surface area (Å²) in [5, 5.41) is 9.49. The van der Waals surface area contributed by atoms with Crippen LogP contribution in [-0.2, 0) is 9.59 Å². The molecule has 3 atom stereocenters. The van der Waals surface area contributed by atoms with Gasteiger partial charge in [0, 0.05) is 21.9 Å². The number of piperazine rings is 1. The van der Waals surface area contributed by atoms with Crippen LogP contribution in [0.3, 0.4) is 0 Å². The van der Waals surface area contributed by atoms with Gasteiger partial charge in [-0.3, -0.25) is 9.59 Å². The van der Waals surface area contributed by atoms with Gasteiger partial charge in [0.2, 0.25) is 11.8 Å². The lowest BCUT2D eigenvalue weighted by Gasteiger charge is -2.40. The lowest BCUT2D eigenvalue weighted by atomic mass is 9.87. The van der Waals surface area contributed by atoms with Crippen LogP contribution in [0.1, 0.15) is 32.1 Å². The number of rotatable bonds is 5. The van der Waals surface area contributed by atoms with E-state index in [-0.39, 0.29) is 30.3 Å². The van der Waals surface area contributed by atoms with Crippen LogP contribution in [0.2, 0.25) is 0 Å². The quantitative estimate of drug-likeness (QED) is 0.724. The molecule has 2 aromatic carbocycles. The fraction of sp³-hybridized carbons (Fsp3) is 0.364. The summed E-state index contributed by atoms with van der Waals surface area (Å²) in [6.45, 7) is 0. The molecule has 2 amide bonds. The van der Waals surface area contributed by atoms with Crippen molar-refractivity contribution in [2.24, 2.45) is 0 Å². The summed E-state index contributed by atoms with van der Waals surface area (Å²) in [5.41, 5.74) is 0.771. The van der Waals surface area contributed by atoms with Gasteiger partial charge in [0.25, 0.3) is 0 Å². The predicted octanol–water partition coefficient (Wildman–Crippen LogP) is 3.57. The normalized spacial score (nSPS) is 24.1. The SMILES string of the molecule is O=C(C[C@@H]1N[C@@H]2CCCC[C@@H]2NC1=O)Nc1ccccc1Sc1ccccc1. The zero-order valence-electron chi connectivity index (χ0n) is 15.7. The largest absolute Gasteiger partial charge is 0.350 e. The molecule has 5 nitrogen and oxygen atoms in total. The summed E-state index contributed by atoms with van der Waals surface area (Å²) in [6, 6.07) is 17.8. The van der Waals surface area contributed by atoms with Gasteiger partial charge < -0.3 is 16.0 Å². The van der Waals surface area contributed by atoms with Crippen molar-refractivity contribution >= 4 is 29.3 Å². The van der Waals surface area contributed by atoms with E-state index in [1.165, 1.54) is 6.42 Å². The molecule has 0 bridgehead atoms. The average Bonchev–Trinajstić information content (AvgIpc) is 2.71. The molecule has 2 aliphatic rings. The first kappa shape index (κ1) is 19.0. The Kier molecular flexibility index (Phi) is 5.98. The Hall–Kier alpha value is -2.31. The van der Waals surface area contributed by atoms with Crippen LogP contribution < -0.4 is 16.0 Å². The van der Waals surface area contributed by atoms with Crippen LogP contribution in [0.25, 0.3) is 0 Å². The molecule has 6 heteroatoms. The smallest absolute Gasteiger partial charge is 0.237 e. The van der Waals surface area contributed by atoms with Crippen LogP contribution in [0.15, 0.2) is 64.4 Å². The second-order valence-corrected chi connectivity index (χ2v) is 8.50. The molecule has 0 radical (unpaired) electrons. The monoisotopic (exact) mass is 395 g/mol. The maximum Gasteiger partial charge on any atom is 0.237 e. The highest BCUT2D eigenvalue weighted by Crippen LogP contribution is 2.33. The summed E-state index contributed by atoms with van der Waals surface area (Å²) in [4.78, 5) is 27.1. The molecule has 3 N–H and O–H groups in total. The van der Waals surface area contributed by atoms with Crippen molar-refractivity contribution in [3.63, 3.8) is 0 Å². The Morgan fingerprint density at radius 1 is 1.00 bits per heavy atom. The number of para-hydroxylation sites is 1. The first-order valence-electron chi connectivity index (χ1n) is 9.87. The highest BCUT2D eigenvalue weighted by molar-refractivity contribution is 7.99. The van der Waals surface area contributed by atoms with Crippen molar-refractivity contribution in [3.8, 4) is 0 Å². The summed E-state index contributed by atoms with van der Waals surface area (Å²) >= 11 is 1.61. The molecule has 0 spiro atoms. The number of hydrogen-bond donors (Lipinski definition) is 3. The van der Waals surface area contributed by atoms with E-state index in [1.807, 2.05) is 54.6 Å². The van der Waals surface area contributed by atoms with Crippen molar-refractivity contribution < 1.29 is 9.59 Å². The molecule has 1 aliphatic carbocycles. The highest BCUT2D eigenvalue weighted by Gasteiger charge is 2.37. The second kappa shape index (κ2) is 8.80. The maximum atomic E-state index is 12.7. The molecule has 1 aliphatic heterocycles. The topological polar surface area (TPSA) is 70.2 Å². The number of hydrogen-bond acceptors (Lipinski definition) is 4. The predicted molar refractivity (Wildman–Crippen MR) is 111 cm³/mol. The number of fused-ring (bicyclic) bond motifs is 1. The third kappa shape index (κ3) is 4.56. The number of anilines is 1. The second-order valence-electron chi connectivity index (χ2n) is 7.39. The summed E-state index contributed by atoms with van der Waals surface area (Å²) in [7, 11) is 0. The maximum absolute atomic E-state index is 12.7. The molecular weight excluding hydrogens is 370 g/mol. The van der Waals surface area contributed by atoms with Gasteiger partial charge in [0.15, 0.2) is 0 Å². The van der Waals surface area contributed by atoms with Gasteiger partial charge in [0.1, 0.15) is 0 Å². The van der Waals surface area contributed by atoms with E-state index in [4.69, 9.17) is 0 Å². The number of carbonyl (C=O) groups excluding carboxylic acids is 2. The number of benzene rings is 2. The van der Waals surface area contributed by atoms with E-state index in [1.54, 1.807) is 11.8 Å². The Morgan fingerprint density at radius 2 is 1.71 bits per heavy atom. The first-order valence-corrected chi connectivity index (χ1v) is 10.7. The minimum Gasteiger partial charge on any atom is -0.350 e. The number of nitrogens with one attached hydrogen (secondary N) is 3. The Balaban J connectivity index is 1.39. The number of carbonyl (C=O) groups is 2. The molecule has 0 aromatic heterocycles. The molecule has 2 fully saturated rings. The van der Waals surface area contributed by atoms with Gasteiger partial charge in [-0.05, 0) is 37.1 Å². The Labute approximate surface area is 169 Å². The van der Waals surface area contributed by atoms with Crippen molar-refractivity contribution in [3.05, 3.63) is 54.6 Å². The zero-order chi connectivity index (χ0) is 19.3. The lowest BCUT2D eigenvalue weighted by molar-refractivity contribution is -0.129. The third-order valence-electron chi connectivity index (χ3n) is 5.35. The van der Waals surface area contributed by atoms with Crippen molar-refractivity contribution in [1.29, 1.82) is 0 Å². The van der Waals surface area contributed by atoms with E-state index in [0.29, 0.717) is 0 Å². The first-order chi connectivity index (χ1) is 13.7. The molecule has 2 aromatic rings. The van der Waals surface area contributed by atoms with Crippen LogP contribution >= 0.6 is 11.8 Å². The van der Waals surface area contributed by atoms with Crippen LogP contribution in [-0.4, -0.2) is 29.9 Å². The minimum absolute atomic E-state index is 0.0646. The Bertz CT molecular complexity index is 843. The van der Waals surface area contributed by atoms with Gasteiger partial charge in [-0.1, -0.05) is 54.9 Å². The standard InChI is InChI=1S/C22H25N3O2S/c26-21(14-19-22(27)25-17-11-5-4-10-16(17)23-19)24-18-12-6-7-13-20(18)28-15-8-2-1-3-9-15/h1-3,6-9,12-13,16-17,19,23H,4-5,10-11,14H2,(H,24,26)(H,25,27)/t16-,17+,19+/m1/s1. The van der Waals surface area contributed by atoms with Crippen LogP contribution in [0, 0.1) is 0 Å². The molecule has 1 saturated heterocycles. The average molecular weight is 396 g/mol. The lowest BCUT2D eigenvalue weighted by Crippen LogP contribution is -2.65. The third-order valence-corrected chi connectivity index (χ3v) is 6.43. The minimum atomic E-state index is -0.465. The van der Waals surface area contributed by atoms with E-state index in [9.17, 15) is 9.59 Å². The molecule has 0 unspecified atom stereocenters. The van der Waals surface area contributed by atoms with Gasteiger partial charge in [-0.15, -0.1) is 0 Å². The molecule has 4 rings (SSSR count). The summed E-state index contributed by atoms with van der Waals surface area (Å²) in [5.74, 6) is -0.215. The summed E-state index contributed by atoms with van der Waals surface area (Å²) in [6.07, 6.45) is 4.54. The molecule has 1 saturated carbocycles. The van der Waals surface area contributed by atoms with Gasteiger partial charge in [-0.25, -0.2) is 0 Å². The van der Waals surface area contributed by atoms with E-state index in [2.05, 4.69) is 16.0 Å². The van der Waals surface area contributed by atoms with Crippen molar-refractivity contribution in [2.75, 3.05) is 5.32 Å². The van der Waals surface area contributed by atoms with Crippen molar-refractivity contribution in [2.45, 2.75) is 60.0 Å². The van der Waals surface area contributed by atoms with E-state index in [0.717, 1.165) is 34.7 Å². The highest BCUT2D eigenvalue weighted by atomic mass is 32.2. The van der Waals surface area contributed by atoms with Crippen LogP contribution in [0.4, 0.5) is 5.69 Å². The fourth-order valence-electron chi connectivity index (χ4n) is 3.93. The van der Waals surface area contributed by atoms with Gasteiger partial charge in [0.05, 0.1) is 18.2 Å². The zero-order valence-corrected chi connectivity index (χ0v) is 16.5.